The third-order valence-corrected chi connectivity index (χ3v) is 13.9. The Morgan fingerprint density at radius 3 is 1.25 bits per heavy atom. The minimum absolute atomic E-state index is 0.137. The molecule has 1 fully saturated rings. The van der Waals surface area contributed by atoms with Crippen LogP contribution < -0.4 is 5.32 Å². The van der Waals surface area contributed by atoms with Crippen molar-refractivity contribution >= 4 is 5.91 Å². The van der Waals surface area contributed by atoms with Gasteiger partial charge in [0.25, 0.3) is 0 Å². The molecule has 1 heterocycles. The van der Waals surface area contributed by atoms with Crippen molar-refractivity contribution in [1.82, 2.24) is 5.32 Å². The zero-order chi connectivity index (χ0) is 47.3. The van der Waals surface area contributed by atoms with Crippen LogP contribution in [0.4, 0.5) is 0 Å². The molecule has 0 aromatic heterocycles. The minimum Gasteiger partial charge on any atom is -0.394 e. The first-order chi connectivity index (χ1) is 31.8. The second-order valence-electron chi connectivity index (χ2n) is 20.1. The van der Waals surface area contributed by atoms with E-state index in [-0.39, 0.29) is 12.5 Å². The topological polar surface area (TPSA) is 149 Å². The molecule has 1 saturated heterocycles. The molecule has 0 bridgehead atoms. The van der Waals surface area contributed by atoms with Crippen molar-refractivity contribution in [3.8, 4) is 0 Å². The molecule has 9 nitrogen and oxygen atoms in total. The predicted molar refractivity (Wildman–Crippen MR) is 272 cm³/mol. The highest BCUT2D eigenvalue weighted by Crippen LogP contribution is 2.23. The number of allylic oxidation sites excluding steroid dienone is 2. The molecular weight excluding hydrogens is 815 g/mol. The molecule has 7 atom stereocenters. The standard InChI is InChI=1S/C56H109NO8/c1-3-5-7-9-11-13-15-17-19-20-21-22-23-24-25-26-27-28-29-30-32-33-35-37-39-41-43-45-50(59)49(48-64-56-55(63)54(62)53(61)51(47-58)65-56)57-52(60)46-44-42-40-38-36-34-31-18-16-14-12-10-8-6-4-2/h18,31,49-51,53-56,58-59,61-63H,3-17,19-30,32-48H2,1-2H3,(H,57,60)/b31-18-. The van der Waals surface area contributed by atoms with Gasteiger partial charge in [-0.1, -0.05) is 251 Å². The van der Waals surface area contributed by atoms with E-state index in [1.165, 1.54) is 205 Å². The SMILES string of the molecule is CCCCCCCC/C=C\CCCCCCCC(=O)NC(COC1OC(CO)C(O)C(O)C1O)C(O)CCCCCCCCCCCCCCCCCCCCCCCCCCCCC. The third-order valence-electron chi connectivity index (χ3n) is 13.9. The molecular formula is C56H109NO8. The van der Waals surface area contributed by atoms with Crippen LogP contribution in [0.1, 0.15) is 284 Å². The fourth-order valence-electron chi connectivity index (χ4n) is 9.34. The van der Waals surface area contributed by atoms with Crippen LogP contribution in [-0.4, -0.2) is 87.5 Å². The maximum Gasteiger partial charge on any atom is 0.220 e. The van der Waals surface area contributed by atoms with Crippen molar-refractivity contribution in [3.63, 3.8) is 0 Å². The molecule has 1 aliphatic rings. The molecule has 1 rings (SSSR count). The highest BCUT2D eigenvalue weighted by Gasteiger charge is 2.44. The van der Waals surface area contributed by atoms with Crippen LogP contribution in [0.25, 0.3) is 0 Å². The number of ether oxygens (including phenoxy) is 2. The second-order valence-corrected chi connectivity index (χ2v) is 20.1. The summed E-state index contributed by atoms with van der Waals surface area (Å²) in [5.41, 5.74) is 0. The summed E-state index contributed by atoms with van der Waals surface area (Å²) < 4.78 is 11.3. The van der Waals surface area contributed by atoms with E-state index in [9.17, 15) is 30.3 Å². The number of aliphatic hydroxyl groups is 5. The maximum absolute atomic E-state index is 13.0. The molecule has 1 amide bonds. The number of unbranched alkanes of at least 4 members (excludes halogenated alkanes) is 37. The molecule has 386 valence electrons. The average Bonchev–Trinajstić information content (AvgIpc) is 3.31. The fourth-order valence-corrected chi connectivity index (χ4v) is 9.34. The van der Waals surface area contributed by atoms with Gasteiger partial charge in [0.1, 0.15) is 24.4 Å². The van der Waals surface area contributed by atoms with Crippen molar-refractivity contribution in [2.75, 3.05) is 13.2 Å². The summed E-state index contributed by atoms with van der Waals surface area (Å²) in [6.07, 6.45) is 49.6. The summed E-state index contributed by atoms with van der Waals surface area (Å²) in [5, 5.41) is 54.6. The normalized spacial score (nSPS) is 19.9. The Morgan fingerprint density at radius 2 is 0.862 bits per heavy atom. The molecule has 9 heteroatoms. The number of hydrogen-bond donors (Lipinski definition) is 6. The van der Waals surface area contributed by atoms with Crippen LogP contribution >= 0.6 is 0 Å². The van der Waals surface area contributed by atoms with Crippen LogP contribution in [0.15, 0.2) is 12.2 Å². The lowest BCUT2D eigenvalue weighted by Gasteiger charge is -2.40. The van der Waals surface area contributed by atoms with Crippen LogP contribution in [0, 0.1) is 0 Å². The quantitative estimate of drug-likeness (QED) is 0.0261. The number of nitrogens with one attached hydrogen (secondary N) is 1. The highest BCUT2D eigenvalue weighted by atomic mass is 16.7. The first kappa shape index (κ1) is 61.9. The molecule has 0 saturated carbocycles. The summed E-state index contributed by atoms with van der Waals surface area (Å²) in [4.78, 5) is 13.0. The lowest BCUT2D eigenvalue weighted by molar-refractivity contribution is -0.302. The first-order valence-corrected chi connectivity index (χ1v) is 28.4. The zero-order valence-corrected chi connectivity index (χ0v) is 42.8. The summed E-state index contributed by atoms with van der Waals surface area (Å²) in [6.45, 7) is 3.86. The van der Waals surface area contributed by atoms with Gasteiger partial charge in [0.2, 0.25) is 5.91 Å². The summed E-state index contributed by atoms with van der Waals surface area (Å²) in [6, 6.07) is -0.720. The van der Waals surface area contributed by atoms with Crippen molar-refractivity contribution in [1.29, 1.82) is 0 Å². The van der Waals surface area contributed by atoms with Crippen LogP contribution in [-0.2, 0) is 14.3 Å². The zero-order valence-electron chi connectivity index (χ0n) is 42.8. The van der Waals surface area contributed by atoms with Gasteiger partial charge in [-0.05, 0) is 38.5 Å². The molecule has 0 radical (unpaired) electrons. The van der Waals surface area contributed by atoms with Crippen molar-refractivity contribution in [3.05, 3.63) is 12.2 Å². The molecule has 0 spiro atoms. The summed E-state index contributed by atoms with van der Waals surface area (Å²) >= 11 is 0. The number of amides is 1. The van der Waals surface area contributed by atoms with Gasteiger partial charge in [-0.15, -0.1) is 0 Å². The van der Waals surface area contributed by atoms with E-state index in [4.69, 9.17) is 9.47 Å². The van der Waals surface area contributed by atoms with Gasteiger partial charge in [0.05, 0.1) is 25.4 Å². The van der Waals surface area contributed by atoms with E-state index in [1.54, 1.807) is 0 Å². The summed E-state index contributed by atoms with van der Waals surface area (Å²) in [7, 11) is 0. The van der Waals surface area contributed by atoms with E-state index >= 15 is 0 Å². The molecule has 65 heavy (non-hydrogen) atoms. The van der Waals surface area contributed by atoms with E-state index in [0.717, 1.165) is 51.4 Å². The Labute approximate surface area is 401 Å². The van der Waals surface area contributed by atoms with Crippen LogP contribution in [0.2, 0.25) is 0 Å². The Balaban J connectivity index is 2.17. The van der Waals surface area contributed by atoms with Crippen LogP contribution in [0.3, 0.4) is 0 Å². The first-order valence-electron chi connectivity index (χ1n) is 28.4. The monoisotopic (exact) mass is 924 g/mol. The maximum atomic E-state index is 13.0. The van der Waals surface area contributed by atoms with Gasteiger partial charge in [0.15, 0.2) is 6.29 Å². The van der Waals surface area contributed by atoms with Gasteiger partial charge < -0.3 is 40.3 Å². The average molecular weight is 924 g/mol. The second kappa shape index (κ2) is 46.6. The molecule has 0 aromatic rings. The van der Waals surface area contributed by atoms with Crippen molar-refractivity contribution < 1.29 is 39.8 Å². The Kier molecular flexibility index (Phi) is 44.5. The van der Waals surface area contributed by atoms with Crippen molar-refractivity contribution in [2.45, 2.75) is 326 Å². The minimum atomic E-state index is -1.55. The van der Waals surface area contributed by atoms with E-state index in [0.29, 0.717) is 12.8 Å². The number of rotatable bonds is 49. The van der Waals surface area contributed by atoms with Crippen molar-refractivity contribution in [2.24, 2.45) is 0 Å². The van der Waals surface area contributed by atoms with Crippen LogP contribution in [0.5, 0.6) is 0 Å². The summed E-state index contributed by atoms with van der Waals surface area (Å²) in [5.74, 6) is -0.149. The number of carbonyl (C=O) groups excluding carboxylic acids is 1. The molecule has 0 aromatic carbocycles. The lowest BCUT2D eigenvalue weighted by Crippen LogP contribution is -2.60. The number of aliphatic hydroxyl groups excluding tert-OH is 5. The highest BCUT2D eigenvalue weighted by molar-refractivity contribution is 5.76. The van der Waals surface area contributed by atoms with E-state index in [2.05, 4.69) is 31.3 Å². The fraction of sp³-hybridized carbons (Fsp3) is 0.946. The van der Waals surface area contributed by atoms with Gasteiger partial charge in [0, 0.05) is 6.42 Å². The molecule has 0 aliphatic carbocycles. The molecule has 6 N–H and O–H groups in total. The Bertz CT molecular complexity index is 1030. The predicted octanol–water partition coefficient (Wildman–Crippen LogP) is 13.6. The lowest BCUT2D eigenvalue weighted by atomic mass is 9.99. The molecule has 7 unspecified atom stereocenters. The van der Waals surface area contributed by atoms with Gasteiger partial charge in [-0.2, -0.15) is 0 Å². The Morgan fingerprint density at radius 1 is 0.508 bits per heavy atom. The number of hydrogen-bond acceptors (Lipinski definition) is 8. The third kappa shape index (κ3) is 36.6. The van der Waals surface area contributed by atoms with E-state index in [1.807, 2.05) is 0 Å². The van der Waals surface area contributed by atoms with Gasteiger partial charge in [-0.25, -0.2) is 0 Å². The smallest absolute Gasteiger partial charge is 0.220 e. The number of carbonyl (C=O) groups is 1. The van der Waals surface area contributed by atoms with E-state index < -0.39 is 49.5 Å². The van der Waals surface area contributed by atoms with Gasteiger partial charge >= 0.3 is 0 Å². The van der Waals surface area contributed by atoms with Gasteiger partial charge in [-0.3, -0.25) is 4.79 Å². The Hall–Kier alpha value is -1.07. The largest absolute Gasteiger partial charge is 0.394 e. The molecule has 1 aliphatic heterocycles.